The predicted molar refractivity (Wildman–Crippen MR) is 136 cm³/mol. The van der Waals surface area contributed by atoms with E-state index in [0.29, 0.717) is 24.4 Å². The van der Waals surface area contributed by atoms with Gasteiger partial charge in [-0.3, -0.25) is 9.59 Å². The number of fused-ring (bicyclic) bond motifs is 1. The van der Waals surface area contributed by atoms with Crippen LogP contribution in [0.5, 0.6) is 17.2 Å². The van der Waals surface area contributed by atoms with E-state index in [1.807, 2.05) is 30.3 Å². The first kappa shape index (κ1) is 24.9. The Morgan fingerprint density at radius 1 is 1.00 bits per heavy atom. The average Bonchev–Trinajstić information content (AvgIpc) is 2.86. The van der Waals surface area contributed by atoms with Crippen molar-refractivity contribution >= 4 is 12.6 Å². The summed E-state index contributed by atoms with van der Waals surface area (Å²) < 4.78 is 0. The lowest BCUT2D eigenvalue weighted by Gasteiger charge is -2.52. The van der Waals surface area contributed by atoms with Crippen LogP contribution >= 0.6 is 0 Å². The summed E-state index contributed by atoms with van der Waals surface area (Å²) in [5, 5.41) is 32.6. The van der Waals surface area contributed by atoms with Crippen molar-refractivity contribution in [3.05, 3.63) is 70.7 Å². The van der Waals surface area contributed by atoms with Crippen molar-refractivity contribution < 1.29 is 24.9 Å². The minimum absolute atomic E-state index is 0.0740. The number of rotatable bonds is 5. The zero-order valence-electron chi connectivity index (χ0n) is 20.8. The largest absolute Gasteiger partial charge is 0.507 e. The van der Waals surface area contributed by atoms with Gasteiger partial charge in [-0.2, -0.15) is 0 Å². The lowest BCUT2D eigenvalue weighted by molar-refractivity contribution is 0.00334. The van der Waals surface area contributed by atoms with Crippen molar-refractivity contribution in [3.63, 3.8) is 0 Å². The Bertz CT molecular complexity index is 1100. The van der Waals surface area contributed by atoms with Crippen LogP contribution in [0.15, 0.2) is 42.5 Å². The number of benzene rings is 2. The van der Waals surface area contributed by atoms with E-state index >= 15 is 0 Å². The van der Waals surface area contributed by atoms with Gasteiger partial charge in [0.2, 0.25) is 0 Å². The highest BCUT2D eigenvalue weighted by Crippen LogP contribution is 2.59. The van der Waals surface area contributed by atoms with Gasteiger partial charge in [-0.25, -0.2) is 0 Å². The van der Waals surface area contributed by atoms with E-state index in [2.05, 4.69) is 27.4 Å². The summed E-state index contributed by atoms with van der Waals surface area (Å²) in [4.78, 5) is 23.5. The van der Waals surface area contributed by atoms with Crippen LogP contribution in [0.25, 0.3) is 0 Å². The molecule has 0 aromatic heterocycles. The van der Waals surface area contributed by atoms with Gasteiger partial charge in [-0.1, -0.05) is 56.3 Å². The Balaban J connectivity index is 1.87. The molecule has 5 heteroatoms. The van der Waals surface area contributed by atoms with E-state index in [9.17, 15) is 24.9 Å². The molecule has 0 aliphatic heterocycles. The van der Waals surface area contributed by atoms with Crippen LogP contribution in [0.1, 0.15) is 90.6 Å². The van der Waals surface area contributed by atoms with Crippen LogP contribution in [0, 0.1) is 29.1 Å². The lowest BCUT2D eigenvalue weighted by Crippen LogP contribution is -2.44. The first-order valence-corrected chi connectivity index (χ1v) is 12.4. The standard InChI is InChI=1S/C30H34O5/c1-17-11-13-24-21(14-30(24,3)4)18(2)10-12-20(17)25(19-8-6-5-7-9-19)26-28(34)22(15-31)27(33)23(16-32)29(26)35/h5-9,15-16,20-21,24-25H,2,10-14H2,1,3-4H3,(H2-,31,32,33,34,35)/p+1/t20-,21-,24-,25+/m1/s1. The molecule has 2 aliphatic rings. The lowest BCUT2D eigenvalue weighted by atomic mass is 9.52. The molecule has 0 spiro atoms. The van der Waals surface area contributed by atoms with E-state index in [1.165, 1.54) is 11.5 Å². The summed E-state index contributed by atoms with van der Waals surface area (Å²) in [7, 11) is 0. The number of phenolic OH excluding ortho intramolecular Hbond substituents is 3. The number of hydrogen-bond acceptors (Lipinski definition) is 5. The second-order valence-corrected chi connectivity index (χ2v) is 11.0. The second kappa shape index (κ2) is 9.44. The zero-order valence-corrected chi connectivity index (χ0v) is 20.8. The fraction of sp³-hybridized carbons (Fsp3) is 0.433. The number of allylic oxidation sites excluding steroid dienone is 1. The van der Waals surface area contributed by atoms with Gasteiger partial charge in [-0.15, -0.1) is 0 Å². The number of phenols is 3. The molecule has 4 atom stereocenters. The molecule has 4 rings (SSSR count). The second-order valence-electron chi connectivity index (χ2n) is 11.0. The Hall–Kier alpha value is -3.21. The summed E-state index contributed by atoms with van der Waals surface area (Å²) in [5.41, 5.74) is 1.74. The molecule has 35 heavy (non-hydrogen) atoms. The topological polar surface area (TPSA) is 94.8 Å². The van der Waals surface area contributed by atoms with E-state index in [-0.39, 0.29) is 28.0 Å². The third-order valence-corrected chi connectivity index (χ3v) is 8.66. The fourth-order valence-corrected chi connectivity index (χ4v) is 6.61. The van der Waals surface area contributed by atoms with Crippen LogP contribution < -0.4 is 0 Å². The van der Waals surface area contributed by atoms with Crippen molar-refractivity contribution in [3.8, 4) is 17.2 Å². The summed E-state index contributed by atoms with van der Waals surface area (Å²) in [6.45, 7) is 11.2. The van der Waals surface area contributed by atoms with Gasteiger partial charge < -0.3 is 15.3 Å². The van der Waals surface area contributed by atoms with Gasteiger partial charge in [0, 0.05) is 5.56 Å². The van der Waals surface area contributed by atoms with E-state index in [4.69, 9.17) is 0 Å². The van der Waals surface area contributed by atoms with Crippen molar-refractivity contribution in [1.29, 1.82) is 0 Å². The summed E-state index contributed by atoms with van der Waals surface area (Å²) >= 11 is 0. The predicted octanol–water partition coefficient (Wildman–Crippen LogP) is 6.56. The van der Waals surface area contributed by atoms with Crippen LogP contribution in [-0.2, 0) is 0 Å². The Labute approximate surface area is 207 Å². The molecule has 2 aliphatic carbocycles. The van der Waals surface area contributed by atoms with E-state index in [1.54, 1.807) is 0 Å². The maximum absolute atomic E-state index is 11.8. The molecule has 184 valence electrons. The van der Waals surface area contributed by atoms with Gasteiger partial charge >= 0.3 is 0 Å². The number of carbonyl (C=O) groups is 2. The van der Waals surface area contributed by atoms with E-state index < -0.39 is 23.2 Å². The highest BCUT2D eigenvalue weighted by Gasteiger charge is 2.50. The zero-order chi connectivity index (χ0) is 25.5. The molecule has 3 N–H and O–H groups in total. The highest BCUT2D eigenvalue weighted by molar-refractivity contribution is 5.95. The van der Waals surface area contributed by atoms with Crippen LogP contribution in [-0.4, -0.2) is 27.9 Å². The van der Waals surface area contributed by atoms with Gasteiger partial charge in [0.25, 0.3) is 0 Å². The van der Waals surface area contributed by atoms with Crippen molar-refractivity contribution in [2.75, 3.05) is 0 Å². The highest BCUT2D eigenvalue weighted by atomic mass is 16.3. The number of aromatic hydroxyl groups is 3. The molecule has 2 aromatic rings. The molecule has 5 nitrogen and oxygen atoms in total. The number of aldehydes is 2. The molecule has 0 radical (unpaired) electrons. The van der Waals surface area contributed by atoms with Crippen molar-refractivity contribution in [2.45, 2.75) is 58.8 Å². The maximum Gasteiger partial charge on any atom is 0.157 e. The van der Waals surface area contributed by atoms with Crippen LogP contribution in [0.3, 0.4) is 0 Å². The smallest absolute Gasteiger partial charge is 0.157 e. The van der Waals surface area contributed by atoms with Gasteiger partial charge in [0.1, 0.15) is 23.2 Å². The van der Waals surface area contributed by atoms with Gasteiger partial charge in [0.15, 0.2) is 12.6 Å². The Morgan fingerprint density at radius 3 is 2.14 bits per heavy atom. The normalized spacial score (nSPS) is 24.8. The quantitative estimate of drug-likeness (QED) is 0.258. The first-order valence-electron chi connectivity index (χ1n) is 12.4. The third kappa shape index (κ3) is 4.22. The minimum Gasteiger partial charge on any atom is -0.507 e. The van der Waals surface area contributed by atoms with Crippen molar-refractivity contribution in [2.24, 2.45) is 23.2 Å². The van der Waals surface area contributed by atoms with E-state index in [0.717, 1.165) is 37.7 Å². The molecule has 2 saturated carbocycles. The van der Waals surface area contributed by atoms with Crippen LogP contribution in [0.4, 0.5) is 0 Å². The average molecular weight is 476 g/mol. The third-order valence-electron chi connectivity index (χ3n) is 8.66. The Kier molecular flexibility index (Phi) is 6.72. The maximum atomic E-state index is 11.8. The monoisotopic (exact) mass is 475 g/mol. The van der Waals surface area contributed by atoms with Crippen LogP contribution in [0.2, 0.25) is 0 Å². The number of hydrogen-bond donors (Lipinski definition) is 3. The molecule has 2 fully saturated rings. The van der Waals surface area contributed by atoms with Crippen molar-refractivity contribution in [1.82, 2.24) is 0 Å². The Morgan fingerprint density at radius 2 is 1.60 bits per heavy atom. The molecular weight excluding hydrogens is 440 g/mol. The first-order chi connectivity index (χ1) is 16.6. The molecule has 0 unspecified atom stereocenters. The minimum atomic E-state index is -0.706. The SMILES string of the molecule is C=C1CC[C@@H]([C@H](c2ccccc2)c2c(O)c(C=O)c(O)c(C=O)c2O)[C+](C)CC[C@@H]2[C@@H]1CC2(C)C. The molecular formula is C30H35O5+. The fourth-order valence-electron chi connectivity index (χ4n) is 6.61. The molecule has 0 bridgehead atoms. The molecule has 0 saturated heterocycles. The number of carbonyl (C=O) groups excluding carboxylic acids is 2. The summed E-state index contributed by atoms with van der Waals surface area (Å²) in [5.74, 6) is 0.0958. The molecule has 2 aromatic carbocycles. The molecule has 0 amide bonds. The molecule has 0 heterocycles. The summed E-state index contributed by atoms with van der Waals surface area (Å²) in [6, 6.07) is 9.54. The van der Waals surface area contributed by atoms with Gasteiger partial charge in [0.05, 0.1) is 36.3 Å². The van der Waals surface area contributed by atoms with Gasteiger partial charge in [-0.05, 0) is 48.5 Å². The summed E-state index contributed by atoms with van der Waals surface area (Å²) in [6.07, 6.45) is 5.34.